The number of rotatable bonds is 3. The average molecular weight is 406 g/mol. The summed E-state index contributed by atoms with van der Waals surface area (Å²) in [7, 11) is 0. The van der Waals surface area contributed by atoms with Gasteiger partial charge in [-0.05, 0) is 31.2 Å². The van der Waals surface area contributed by atoms with Crippen LogP contribution in [0.3, 0.4) is 0 Å². The molecule has 1 N–H and O–H groups in total. The predicted octanol–water partition coefficient (Wildman–Crippen LogP) is 3.63. The van der Waals surface area contributed by atoms with Crippen LogP contribution < -0.4 is 10.2 Å². The van der Waals surface area contributed by atoms with Crippen LogP contribution in [0, 0.1) is 0 Å². The van der Waals surface area contributed by atoms with Crippen molar-refractivity contribution < 1.29 is 32.3 Å². The summed E-state index contributed by atoms with van der Waals surface area (Å²) >= 11 is 0. The number of ether oxygens (including phenoxy) is 1. The van der Waals surface area contributed by atoms with Crippen LogP contribution >= 0.6 is 0 Å². The highest BCUT2D eigenvalue weighted by Crippen LogP contribution is 2.33. The molecule has 9 heteroatoms. The minimum Gasteiger partial charge on any atom is -0.452 e. The summed E-state index contributed by atoms with van der Waals surface area (Å²) in [4.78, 5) is 38.2. The molecule has 0 aromatic heterocycles. The number of para-hydroxylation sites is 2. The first-order valence-corrected chi connectivity index (χ1v) is 8.72. The Morgan fingerprint density at radius 2 is 1.79 bits per heavy atom. The van der Waals surface area contributed by atoms with Gasteiger partial charge in [-0.25, -0.2) is 4.79 Å². The molecule has 2 aromatic carbocycles. The minimum absolute atomic E-state index is 0.0191. The Kier molecular flexibility index (Phi) is 5.58. The third kappa shape index (κ3) is 4.39. The molecule has 29 heavy (non-hydrogen) atoms. The van der Waals surface area contributed by atoms with Crippen LogP contribution in [0.2, 0.25) is 0 Å². The first-order valence-electron chi connectivity index (χ1n) is 8.72. The molecule has 1 aliphatic rings. The van der Waals surface area contributed by atoms with E-state index in [1.54, 1.807) is 31.2 Å². The molecule has 1 heterocycles. The van der Waals surface area contributed by atoms with Gasteiger partial charge in [-0.1, -0.05) is 24.3 Å². The molecular formula is C20H17F3N2O4. The SMILES string of the molecule is C[C@H]1CC(=O)Nc2ccccc2N1C(=O)COC(=O)c1ccccc1C(F)(F)F. The van der Waals surface area contributed by atoms with Gasteiger partial charge in [-0.3, -0.25) is 9.59 Å². The Labute approximate surface area is 164 Å². The lowest BCUT2D eigenvalue weighted by molar-refractivity contribution is -0.138. The summed E-state index contributed by atoms with van der Waals surface area (Å²) in [6.07, 6.45) is -4.71. The van der Waals surface area contributed by atoms with Crippen LogP contribution in [0.15, 0.2) is 48.5 Å². The van der Waals surface area contributed by atoms with Crippen LogP contribution in [-0.4, -0.2) is 30.4 Å². The molecule has 2 aromatic rings. The van der Waals surface area contributed by atoms with Gasteiger partial charge in [-0.15, -0.1) is 0 Å². The monoisotopic (exact) mass is 406 g/mol. The van der Waals surface area contributed by atoms with Crippen molar-refractivity contribution in [3.63, 3.8) is 0 Å². The number of carbonyl (C=O) groups is 3. The van der Waals surface area contributed by atoms with Crippen molar-refractivity contribution in [3.8, 4) is 0 Å². The third-order valence-electron chi connectivity index (χ3n) is 4.41. The summed E-state index contributed by atoms with van der Waals surface area (Å²) in [6.45, 7) is 0.887. The first kappa shape index (κ1) is 20.4. The number of esters is 1. The number of hydrogen-bond donors (Lipinski definition) is 1. The van der Waals surface area contributed by atoms with E-state index in [1.165, 1.54) is 11.0 Å². The fourth-order valence-corrected chi connectivity index (χ4v) is 3.15. The standard InChI is InChI=1S/C20H17F3N2O4/c1-12-10-17(26)24-15-8-4-5-9-16(15)25(12)18(27)11-29-19(28)13-6-2-3-7-14(13)20(21,22)23/h2-9,12H,10-11H2,1H3,(H,24,26)/t12-/m0/s1. The molecule has 0 unspecified atom stereocenters. The molecule has 0 bridgehead atoms. The molecule has 152 valence electrons. The Hall–Kier alpha value is -3.36. The molecule has 0 radical (unpaired) electrons. The Morgan fingerprint density at radius 1 is 1.14 bits per heavy atom. The van der Waals surface area contributed by atoms with Crippen molar-refractivity contribution in [1.29, 1.82) is 0 Å². The van der Waals surface area contributed by atoms with Gasteiger partial charge in [0.15, 0.2) is 6.61 Å². The highest BCUT2D eigenvalue weighted by Gasteiger charge is 2.36. The summed E-state index contributed by atoms with van der Waals surface area (Å²) in [5.74, 6) is -2.19. The van der Waals surface area contributed by atoms with Crippen LogP contribution in [-0.2, 0) is 20.5 Å². The van der Waals surface area contributed by atoms with Gasteiger partial charge in [0.1, 0.15) is 0 Å². The lowest BCUT2D eigenvalue weighted by Gasteiger charge is -2.27. The van der Waals surface area contributed by atoms with E-state index in [9.17, 15) is 27.6 Å². The zero-order valence-electron chi connectivity index (χ0n) is 15.3. The fourth-order valence-electron chi connectivity index (χ4n) is 3.15. The van der Waals surface area contributed by atoms with Crippen molar-refractivity contribution in [1.82, 2.24) is 0 Å². The molecule has 6 nitrogen and oxygen atoms in total. The smallest absolute Gasteiger partial charge is 0.417 e. The zero-order chi connectivity index (χ0) is 21.2. The summed E-state index contributed by atoms with van der Waals surface area (Å²) < 4.78 is 44.1. The van der Waals surface area contributed by atoms with Crippen molar-refractivity contribution in [3.05, 3.63) is 59.7 Å². The second kappa shape index (κ2) is 7.94. The first-order chi connectivity index (χ1) is 13.7. The molecule has 3 rings (SSSR count). The quantitative estimate of drug-likeness (QED) is 0.790. The maximum atomic E-state index is 13.1. The lowest BCUT2D eigenvalue weighted by atomic mass is 10.1. The van der Waals surface area contributed by atoms with E-state index in [4.69, 9.17) is 4.74 Å². The Balaban J connectivity index is 1.79. The van der Waals surface area contributed by atoms with E-state index in [0.717, 1.165) is 18.2 Å². The highest BCUT2D eigenvalue weighted by molar-refractivity contribution is 6.05. The summed E-state index contributed by atoms with van der Waals surface area (Å²) in [5.41, 5.74) is -0.971. The summed E-state index contributed by atoms with van der Waals surface area (Å²) in [5, 5.41) is 2.69. The number of benzene rings is 2. The van der Waals surface area contributed by atoms with E-state index in [-0.39, 0.29) is 12.3 Å². The number of alkyl halides is 3. The molecule has 1 atom stereocenters. The van der Waals surface area contributed by atoms with Crippen LogP contribution in [0.25, 0.3) is 0 Å². The molecule has 2 amide bonds. The maximum Gasteiger partial charge on any atom is 0.417 e. The van der Waals surface area contributed by atoms with Crippen LogP contribution in [0.5, 0.6) is 0 Å². The normalized spacial score (nSPS) is 16.5. The number of hydrogen-bond acceptors (Lipinski definition) is 4. The van der Waals surface area contributed by atoms with Crippen LogP contribution in [0.1, 0.15) is 29.3 Å². The lowest BCUT2D eigenvalue weighted by Crippen LogP contribution is -2.41. The molecular weight excluding hydrogens is 389 g/mol. The molecule has 0 saturated carbocycles. The number of carbonyl (C=O) groups excluding carboxylic acids is 3. The number of fused-ring (bicyclic) bond motifs is 1. The van der Waals surface area contributed by atoms with E-state index < -0.39 is 41.8 Å². The van der Waals surface area contributed by atoms with E-state index in [2.05, 4.69) is 5.32 Å². The van der Waals surface area contributed by atoms with Crippen LogP contribution in [0.4, 0.5) is 24.5 Å². The molecule has 0 spiro atoms. The Morgan fingerprint density at radius 3 is 2.52 bits per heavy atom. The number of nitrogens with one attached hydrogen (secondary N) is 1. The number of amides is 2. The fraction of sp³-hybridized carbons (Fsp3) is 0.250. The number of nitrogens with zero attached hydrogens (tertiary/aromatic N) is 1. The third-order valence-corrected chi connectivity index (χ3v) is 4.41. The van der Waals surface area contributed by atoms with Gasteiger partial charge < -0.3 is 15.0 Å². The van der Waals surface area contributed by atoms with E-state index in [1.807, 2.05) is 0 Å². The second-order valence-corrected chi connectivity index (χ2v) is 6.50. The highest BCUT2D eigenvalue weighted by atomic mass is 19.4. The minimum atomic E-state index is -4.73. The van der Waals surface area contributed by atoms with E-state index in [0.29, 0.717) is 11.4 Å². The van der Waals surface area contributed by atoms with Gasteiger partial charge >= 0.3 is 12.1 Å². The maximum absolute atomic E-state index is 13.1. The van der Waals surface area contributed by atoms with Crippen molar-refractivity contribution in [2.24, 2.45) is 0 Å². The molecule has 0 aliphatic carbocycles. The molecule has 0 fully saturated rings. The van der Waals surface area contributed by atoms with Crippen molar-refractivity contribution in [2.45, 2.75) is 25.6 Å². The van der Waals surface area contributed by atoms with Gasteiger partial charge in [0, 0.05) is 12.5 Å². The second-order valence-electron chi connectivity index (χ2n) is 6.50. The van der Waals surface area contributed by atoms with Crippen molar-refractivity contribution in [2.75, 3.05) is 16.8 Å². The van der Waals surface area contributed by atoms with Gasteiger partial charge in [0.2, 0.25) is 5.91 Å². The largest absolute Gasteiger partial charge is 0.452 e. The van der Waals surface area contributed by atoms with Gasteiger partial charge in [-0.2, -0.15) is 13.2 Å². The van der Waals surface area contributed by atoms with E-state index >= 15 is 0 Å². The molecule has 0 saturated heterocycles. The van der Waals surface area contributed by atoms with Gasteiger partial charge in [0.25, 0.3) is 5.91 Å². The Bertz CT molecular complexity index is 959. The number of anilines is 2. The summed E-state index contributed by atoms with van der Waals surface area (Å²) in [6, 6.07) is 10.3. The number of halogens is 3. The predicted molar refractivity (Wildman–Crippen MR) is 98.4 cm³/mol. The molecule has 1 aliphatic heterocycles. The van der Waals surface area contributed by atoms with Gasteiger partial charge in [0.05, 0.1) is 22.5 Å². The average Bonchev–Trinajstić information content (AvgIpc) is 2.79. The van der Waals surface area contributed by atoms with Crippen molar-refractivity contribution >= 4 is 29.2 Å². The topological polar surface area (TPSA) is 75.7 Å². The zero-order valence-corrected chi connectivity index (χ0v) is 15.3.